The summed E-state index contributed by atoms with van der Waals surface area (Å²) in [6.45, 7) is 3.42. The molecule has 1 aliphatic heterocycles. The highest BCUT2D eigenvalue weighted by molar-refractivity contribution is 7.20. The number of piperidine rings is 1. The van der Waals surface area contributed by atoms with Crippen molar-refractivity contribution in [3.8, 4) is 0 Å². The van der Waals surface area contributed by atoms with Crippen molar-refractivity contribution in [3.63, 3.8) is 0 Å². The highest BCUT2D eigenvalue weighted by atomic mass is 32.1. The standard InChI is InChI=1S/C16H19N3O3S/c1-10(17)11-3-2-6-18(9-11)16(20)15-8-12-7-13(19(21)22)4-5-14(12)23-15/h4-5,7-8,10-11H,2-3,6,9,17H2,1H3. The molecular formula is C16H19N3O3S. The Labute approximate surface area is 138 Å². The fourth-order valence-corrected chi connectivity index (χ4v) is 4.04. The van der Waals surface area contributed by atoms with Gasteiger partial charge in [-0.3, -0.25) is 14.9 Å². The van der Waals surface area contributed by atoms with Crippen molar-refractivity contribution in [2.75, 3.05) is 13.1 Å². The molecule has 3 rings (SSSR count). The predicted molar refractivity (Wildman–Crippen MR) is 90.8 cm³/mol. The monoisotopic (exact) mass is 333 g/mol. The van der Waals surface area contributed by atoms with Crippen molar-refractivity contribution in [1.29, 1.82) is 0 Å². The van der Waals surface area contributed by atoms with Crippen LogP contribution in [-0.4, -0.2) is 34.9 Å². The van der Waals surface area contributed by atoms with E-state index < -0.39 is 4.92 Å². The summed E-state index contributed by atoms with van der Waals surface area (Å²) in [6.07, 6.45) is 2.02. The molecule has 0 spiro atoms. The third-order valence-electron chi connectivity index (χ3n) is 4.41. The summed E-state index contributed by atoms with van der Waals surface area (Å²) < 4.78 is 0.889. The normalized spacial score (nSPS) is 19.7. The van der Waals surface area contributed by atoms with Crippen molar-refractivity contribution >= 4 is 33.0 Å². The fraction of sp³-hybridized carbons (Fsp3) is 0.438. The average Bonchev–Trinajstić information content (AvgIpc) is 2.97. The lowest BCUT2D eigenvalue weighted by Crippen LogP contribution is -2.44. The Bertz CT molecular complexity index is 756. The van der Waals surface area contributed by atoms with E-state index in [0.717, 1.165) is 29.5 Å². The number of nitrogens with two attached hydrogens (primary N) is 1. The van der Waals surface area contributed by atoms with Gasteiger partial charge in [-0.1, -0.05) is 0 Å². The summed E-state index contributed by atoms with van der Waals surface area (Å²) in [5, 5.41) is 11.6. The Morgan fingerprint density at radius 2 is 2.26 bits per heavy atom. The van der Waals surface area contributed by atoms with Gasteiger partial charge in [0.1, 0.15) is 0 Å². The number of nitrogens with zero attached hydrogens (tertiary/aromatic N) is 2. The largest absolute Gasteiger partial charge is 0.338 e. The van der Waals surface area contributed by atoms with E-state index in [1.807, 2.05) is 11.8 Å². The molecule has 6 nitrogen and oxygen atoms in total. The zero-order valence-electron chi connectivity index (χ0n) is 12.9. The third kappa shape index (κ3) is 3.20. The van der Waals surface area contributed by atoms with Gasteiger partial charge in [-0.05, 0) is 37.8 Å². The molecule has 2 unspecified atom stereocenters. The highest BCUT2D eigenvalue weighted by Gasteiger charge is 2.27. The summed E-state index contributed by atoms with van der Waals surface area (Å²) in [5.74, 6) is 0.336. The molecule has 2 heterocycles. The maximum absolute atomic E-state index is 12.7. The van der Waals surface area contributed by atoms with Gasteiger partial charge >= 0.3 is 0 Å². The number of rotatable bonds is 3. The van der Waals surface area contributed by atoms with E-state index in [9.17, 15) is 14.9 Å². The molecule has 0 saturated carbocycles. The summed E-state index contributed by atoms with van der Waals surface area (Å²) in [6, 6.07) is 6.53. The van der Waals surface area contributed by atoms with Crippen LogP contribution in [0.5, 0.6) is 0 Å². The SMILES string of the molecule is CC(N)C1CCCN(C(=O)c2cc3cc([N+](=O)[O-])ccc3s2)C1. The van der Waals surface area contributed by atoms with Crippen LogP contribution in [0.4, 0.5) is 5.69 Å². The molecule has 122 valence electrons. The number of carbonyl (C=O) groups excluding carboxylic acids is 1. The summed E-state index contributed by atoms with van der Waals surface area (Å²) in [4.78, 5) is 25.6. The van der Waals surface area contributed by atoms with Crippen LogP contribution in [0.25, 0.3) is 10.1 Å². The molecule has 0 aliphatic carbocycles. The number of likely N-dealkylation sites (tertiary alicyclic amines) is 1. The van der Waals surface area contributed by atoms with Crippen molar-refractivity contribution in [3.05, 3.63) is 39.3 Å². The van der Waals surface area contributed by atoms with Crippen LogP contribution in [0, 0.1) is 16.0 Å². The zero-order valence-corrected chi connectivity index (χ0v) is 13.7. The van der Waals surface area contributed by atoms with E-state index in [0.29, 0.717) is 17.3 Å². The zero-order chi connectivity index (χ0) is 16.6. The number of nitro groups is 1. The van der Waals surface area contributed by atoms with Crippen LogP contribution in [0.3, 0.4) is 0 Å². The second-order valence-electron chi connectivity index (χ2n) is 6.10. The van der Waals surface area contributed by atoms with Gasteiger partial charge in [-0.25, -0.2) is 0 Å². The minimum absolute atomic E-state index is 0.000738. The maximum atomic E-state index is 12.7. The topological polar surface area (TPSA) is 89.5 Å². The number of nitro benzene ring substituents is 1. The second-order valence-corrected chi connectivity index (χ2v) is 7.19. The molecule has 7 heteroatoms. The van der Waals surface area contributed by atoms with Gasteiger partial charge in [0.2, 0.25) is 0 Å². The Morgan fingerprint density at radius 1 is 1.48 bits per heavy atom. The molecule has 1 fully saturated rings. The first kappa shape index (κ1) is 15.9. The van der Waals surface area contributed by atoms with Crippen LogP contribution < -0.4 is 5.73 Å². The number of non-ortho nitro benzene ring substituents is 1. The molecule has 1 aromatic heterocycles. The molecule has 0 radical (unpaired) electrons. The summed E-state index contributed by atoms with van der Waals surface area (Å²) >= 11 is 1.38. The minimum atomic E-state index is -0.420. The number of fused-ring (bicyclic) bond motifs is 1. The smallest absolute Gasteiger partial charge is 0.270 e. The Hall–Kier alpha value is -1.99. The lowest BCUT2D eigenvalue weighted by Gasteiger charge is -2.34. The molecule has 2 atom stereocenters. The maximum Gasteiger partial charge on any atom is 0.270 e. The van der Waals surface area contributed by atoms with E-state index in [1.54, 1.807) is 12.1 Å². The van der Waals surface area contributed by atoms with Gasteiger partial charge in [-0.2, -0.15) is 0 Å². The van der Waals surface area contributed by atoms with Gasteiger partial charge in [0.25, 0.3) is 11.6 Å². The molecule has 2 aromatic rings. The quantitative estimate of drug-likeness (QED) is 0.690. The molecular weight excluding hydrogens is 314 g/mol. The Morgan fingerprint density at radius 3 is 2.96 bits per heavy atom. The first-order chi connectivity index (χ1) is 11.0. The van der Waals surface area contributed by atoms with Crippen molar-refractivity contribution in [2.45, 2.75) is 25.8 Å². The van der Waals surface area contributed by atoms with Crippen LogP contribution >= 0.6 is 11.3 Å². The lowest BCUT2D eigenvalue weighted by atomic mass is 9.92. The highest BCUT2D eigenvalue weighted by Crippen LogP contribution is 2.30. The van der Waals surface area contributed by atoms with E-state index >= 15 is 0 Å². The minimum Gasteiger partial charge on any atom is -0.338 e. The van der Waals surface area contributed by atoms with Gasteiger partial charge < -0.3 is 10.6 Å². The molecule has 1 aliphatic rings. The van der Waals surface area contributed by atoms with Gasteiger partial charge in [0, 0.05) is 41.4 Å². The number of thiophene rings is 1. The fourth-order valence-electron chi connectivity index (χ4n) is 3.03. The van der Waals surface area contributed by atoms with E-state index in [4.69, 9.17) is 5.73 Å². The molecule has 1 aromatic carbocycles. The number of carbonyl (C=O) groups is 1. The number of benzene rings is 1. The van der Waals surface area contributed by atoms with Gasteiger partial charge in [-0.15, -0.1) is 11.3 Å². The first-order valence-corrected chi connectivity index (χ1v) is 8.50. The van der Waals surface area contributed by atoms with Crippen LogP contribution in [-0.2, 0) is 0 Å². The van der Waals surface area contributed by atoms with E-state index in [-0.39, 0.29) is 17.6 Å². The number of amides is 1. The molecule has 1 saturated heterocycles. The average molecular weight is 333 g/mol. The predicted octanol–water partition coefficient (Wildman–Crippen LogP) is 3.01. The van der Waals surface area contributed by atoms with Crippen molar-refractivity contribution in [1.82, 2.24) is 4.90 Å². The summed E-state index contributed by atoms with van der Waals surface area (Å²) in [7, 11) is 0. The van der Waals surface area contributed by atoms with Crippen LogP contribution in [0.15, 0.2) is 24.3 Å². The van der Waals surface area contributed by atoms with E-state index in [1.165, 1.54) is 23.5 Å². The second kappa shape index (κ2) is 6.25. The Kier molecular flexibility index (Phi) is 4.32. The summed E-state index contributed by atoms with van der Waals surface area (Å²) in [5.41, 5.74) is 6.02. The number of hydrogen-bond donors (Lipinski definition) is 1. The first-order valence-electron chi connectivity index (χ1n) is 7.68. The molecule has 23 heavy (non-hydrogen) atoms. The molecule has 0 bridgehead atoms. The van der Waals surface area contributed by atoms with Crippen LogP contribution in [0.1, 0.15) is 29.4 Å². The Balaban J connectivity index is 1.84. The van der Waals surface area contributed by atoms with Crippen LogP contribution in [0.2, 0.25) is 0 Å². The van der Waals surface area contributed by atoms with Gasteiger partial charge in [0.15, 0.2) is 0 Å². The van der Waals surface area contributed by atoms with E-state index in [2.05, 4.69) is 0 Å². The van der Waals surface area contributed by atoms with Gasteiger partial charge in [0.05, 0.1) is 9.80 Å². The molecule has 2 N–H and O–H groups in total. The lowest BCUT2D eigenvalue weighted by molar-refractivity contribution is -0.384. The van der Waals surface area contributed by atoms with Crippen molar-refractivity contribution < 1.29 is 9.72 Å². The number of hydrogen-bond acceptors (Lipinski definition) is 5. The third-order valence-corrected chi connectivity index (χ3v) is 5.51. The molecule has 1 amide bonds. The van der Waals surface area contributed by atoms with Crippen molar-refractivity contribution in [2.24, 2.45) is 11.7 Å².